The molecular weight excluding hydrogens is 250 g/mol. The van der Waals surface area contributed by atoms with E-state index in [0.717, 1.165) is 24.2 Å². The Kier molecular flexibility index (Phi) is 4.93. The average molecular weight is 271 g/mol. The summed E-state index contributed by atoms with van der Waals surface area (Å²) in [6, 6.07) is 10.9. The van der Waals surface area contributed by atoms with Crippen LogP contribution >= 0.6 is 0 Å². The van der Waals surface area contributed by atoms with Crippen LogP contribution in [0.25, 0.3) is 0 Å². The van der Waals surface area contributed by atoms with Crippen molar-refractivity contribution in [1.29, 1.82) is 0 Å². The van der Waals surface area contributed by atoms with Crippen LogP contribution in [0.2, 0.25) is 0 Å². The Morgan fingerprint density at radius 2 is 1.95 bits per heavy atom. The van der Waals surface area contributed by atoms with Gasteiger partial charge in [-0.3, -0.25) is 0 Å². The summed E-state index contributed by atoms with van der Waals surface area (Å²) in [5.74, 6) is 1.47. The van der Waals surface area contributed by atoms with Crippen molar-refractivity contribution in [2.75, 3.05) is 12.4 Å². The summed E-state index contributed by atoms with van der Waals surface area (Å²) in [5.41, 5.74) is 2.31. The first-order chi connectivity index (χ1) is 9.70. The zero-order valence-corrected chi connectivity index (χ0v) is 12.3. The second-order valence-electron chi connectivity index (χ2n) is 4.93. The first-order valence-corrected chi connectivity index (χ1v) is 6.86. The van der Waals surface area contributed by atoms with Crippen LogP contribution in [0.15, 0.2) is 36.7 Å². The molecular formula is C16H21N3O. The van der Waals surface area contributed by atoms with Crippen molar-refractivity contribution < 1.29 is 4.74 Å². The van der Waals surface area contributed by atoms with E-state index < -0.39 is 0 Å². The fraction of sp³-hybridized carbons (Fsp3) is 0.375. The smallest absolute Gasteiger partial charge is 0.221 e. The summed E-state index contributed by atoms with van der Waals surface area (Å²) in [4.78, 5) is 8.36. The Balaban J connectivity index is 1.93. The molecule has 2 rings (SSSR count). The van der Waals surface area contributed by atoms with Crippen LogP contribution in [0.5, 0.6) is 5.88 Å². The van der Waals surface area contributed by atoms with Crippen molar-refractivity contribution in [3.63, 3.8) is 0 Å². The summed E-state index contributed by atoms with van der Waals surface area (Å²) in [6.45, 7) is 4.13. The zero-order chi connectivity index (χ0) is 14.4. The number of aryl methyl sites for hydroxylation is 1. The van der Waals surface area contributed by atoms with E-state index in [2.05, 4.69) is 46.5 Å². The van der Waals surface area contributed by atoms with Crippen LogP contribution in [0.3, 0.4) is 0 Å². The van der Waals surface area contributed by atoms with E-state index in [1.165, 1.54) is 11.9 Å². The number of hydrogen-bond donors (Lipinski definition) is 1. The first-order valence-electron chi connectivity index (χ1n) is 6.86. The molecule has 0 aliphatic carbocycles. The normalized spacial score (nSPS) is 11.9. The molecule has 0 bridgehead atoms. The van der Waals surface area contributed by atoms with E-state index in [1.54, 1.807) is 7.11 Å². The van der Waals surface area contributed by atoms with Crippen LogP contribution < -0.4 is 10.1 Å². The van der Waals surface area contributed by atoms with Gasteiger partial charge in [-0.1, -0.05) is 30.3 Å². The standard InChI is InChI=1S/C16H21N3O/c1-12(9-10-14-7-5-4-6-8-14)19-15-13(2)16(20-3)18-11-17-15/h4-8,11-12H,9-10H2,1-3H3,(H,17,18,19). The zero-order valence-electron chi connectivity index (χ0n) is 12.3. The van der Waals surface area contributed by atoms with Gasteiger partial charge in [0.2, 0.25) is 5.88 Å². The van der Waals surface area contributed by atoms with Crippen LogP contribution in [-0.2, 0) is 6.42 Å². The van der Waals surface area contributed by atoms with Gasteiger partial charge in [-0.2, -0.15) is 0 Å². The number of nitrogens with zero attached hydrogens (tertiary/aromatic N) is 2. The summed E-state index contributed by atoms with van der Waals surface area (Å²) >= 11 is 0. The van der Waals surface area contributed by atoms with Gasteiger partial charge >= 0.3 is 0 Å². The molecule has 1 N–H and O–H groups in total. The Hall–Kier alpha value is -2.10. The highest BCUT2D eigenvalue weighted by molar-refractivity contribution is 5.48. The van der Waals surface area contributed by atoms with Gasteiger partial charge in [0.1, 0.15) is 12.1 Å². The summed E-state index contributed by atoms with van der Waals surface area (Å²) in [6.07, 6.45) is 3.63. The third-order valence-corrected chi connectivity index (χ3v) is 3.32. The van der Waals surface area contributed by atoms with Gasteiger partial charge in [0.05, 0.1) is 12.7 Å². The molecule has 2 aromatic rings. The highest BCUT2D eigenvalue weighted by Crippen LogP contribution is 2.21. The molecule has 4 heteroatoms. The fourth-order valence-electron chi connectivity index (χ4n) is 2.12. The number of methoxy groups -OCH3 is 1. The molecule has 1 heterocycles. The monoisotopic (exact) mass is 271 g/mol. The lowest BCUT2D eigenvalue weighted by Gasteiger charge is -2.16. The maximum Gasteiger partial charge on any atom is 0.221 e. The van der Waals surface area contributed by atoms with Gasteiger partial charge in [0.25, 0.3) is 0 Å². The number of benzene rings is 1. The minimum atomic E-state index is 0.341. The number of aromatic nitrogens is 2. The lowest BCUT2D eigenvalue weighted by atomic mass is 10.1. The van der Waals surface area contributed by atoms with Gasteiger partial charge in [0, 0.05) is 6.04 Å². The van der Waals surface area contributed by atoms with Crippen molar-refractivity contribution in [3.8, 4) is 5.88 Å². The SMILES string of the molecule is COc1ncnc(NC(C)CCc2ccccc2)c1C. The molecule has 4 nitrogen and oxygen atoms in total. The molecule has 1 atom stereocenters. The largest absolute Gasteiger partial charge is 0.481 e. The fourth-order valence-corrected chi connectivity index (χ4v) is 2.12. The predicted octanol–water partition coefficient (Wildman–Crippen LogP) is 3.23. The van der Waals surface area contributed by atoms with Crippen molar-refractivity contribution in [2.45, 2.75) is 32.7 Å². The van der Waals surface area contributed by atoms with E-state index in [0.29, 0.717) is 11.9 Å². The molecule has 0 saturated carbocycles. The molecule has 0 amide bonds. The molecule has 20 heavy (non-hydrogen) atoms. The summed E-state index contributed by atoms with van der Waals surface area (Å²) in [7, 11) is 1.62. The molecule has 1 aromatic carbocycles. The molecule has 106 valence electrons. The molecule has 1 aromatic heterocycles. The van der Waals surface area contributed by atoms with E-state index in [9.17, 15) is 0 Å². The summed E-state index contributed by atoms with van der Waals surface area (Å²) in [5, 5.41) is 3.42. The van der Waals surface area contributed by atoms with Gasteiger partial charge < -0.3 is 10.1 Å². The Morgan fingerprint density at radius 1 is 1.20 bits per heavy atom. The molecule has 0 aliphatic rings. The highest BCUT2D eigenvalue weighted by atomic mass is 16.5. The number of hydrogen-bond acceptors (Lipinski definition) is 4. The lowest BCUT2D eigenvalue weighted by molar-refractivity contribution is 0.393. The van der Waals surface area contributed by atoms with Crippen molar-refractivity contribution in [1.82, 2.24) is 9.97 Å². The third kappa shape index (κ3) is 3.70. The number of anilines is 1. The second kappa shape index (κ2) is 6.89. The lowest BCUT2D eigenvalue weighted by Crippen LogP contribution is -2.18. The van der Waals surface area contributed by atoms with Crippen molar-refractivity contribution in [3.05, 3.63) is 47.8 Å². The minimum absolute atomic E-state index is 0.341. The van der Waals surface area contributed by atoms with Gasteiger partial charge in [-0.15, -0.1) is 0 Å². The maximum atomic E-state index is 5.21. The molecule has 1 unspecified atom stereocenters. The quantitative estimate of drug-likeness (QED) is 0.876. The van der Waals surface area contributed by atoms with E-state index in [1.807, 2.05) is 13.0 Å². The molecule has 0 radical (unpaired) electrons. The molecule has 0 fully saturated rings. The second-order valence-corrected chi connectivity index (χ2v) is 4.93. The predicted molar refractivity (Wildman–Crippen MR) is 81.2 cm³/mol. The van der Waals surface area contributed by atoms with Gasteiger partial charge in [-0.05, 0) is 32.3 Å². The molecule has 0 spiro atoms. The minimum Gasteiger partial charge on any atom is -0.481 e. The van der Waals surface area contributed by atoms with Crippen molar-refractivity contribution >= 4 is 5.82 Å². The number of rotatable bonds is 6. The Labute approximate surface area is 120 Å². The third-order valence-electron chi connectivity index (χ3n) is 3.32. The average Bonchev–Trinajstić information content (AvgIpc) is 2.48. The van der Waals surface area contributed by atoms with Crippen LogP contribution in [-0.4, -0.2) is 23.1 Å². The first kappa shape index (κ1) is 14.3. The van der Waals surface area contributed by atoms with Crippen molar-refractivity contribution in [2.24, 2.45) is 0 Å². The van der Waals surface area contributed by atoms with E-state index in [4.69, 9.17) is 4.74 Å². The van der Waals surface area contributed by atoms with Gasteiger partial charge in [-0.25, -0.2) is 9.97 Å². The molecule has 0 saturated heterocycles. The summed E-state index contributed by atoms with van der Waals surface area (Å²) < 4.78 is 5.21. The topological polar surface area (TPSA) is 47.0 Å². The number of nitrogens with one attached hydrogen (secondary N) is 1. The molecule has 0 aliphatic heterocycles. The Bertz CT molecular complexity index is 543. The Morgan fingerprint density at radius 3 is 2.65 bits per heavy atom. The van der Waals surface area contributed by atoms with E-state index in [-0.39, 0.29) is 0 Å². The number of ether oxygens (including phenoxy) is 1. The van der Waals surface area contributed by atoms with Gasteiger partial charge in [0.15, 0.2) is 0 Å². The highest BCUT2D eigenvalue weighted by Gasteiger charge is 2.10. The van der Waals surface area contributed by atoms with Crippen LogP contribution in [0.4, 0.5) is 5.82 Å². The van der Waals surface area contributed by atoms with Crippen LogP contribution in [0.1, 0.15) is 24.5 Å². The maximum absolute atomic E-state index is 5.21. The van der Waals surface area contributed by atoms with E-state index >= 15 is 0 Å². The van der Waals surface area contributed by atoms with Crippen LogP contribution in [0, 0.1) is 6.92 Å².